The van der Waals surface area contributed by atoms with E-state index in [-0.39, 0.29) is 0 Å². The first-order valence-corrected chi connectivity index (χ1v) is 14.7. The molecule has 0 aliphatic carbocycles. The number of hydrogen-bond acceptors (Lipinski definition) is 5. The number of benzene rings is 6. The fourth-order valence-corrected chi connectivity index (χ4v) is 6.13. The van der Waals surface area contributed by atoms with Gasteiger partial charge in [-0.3, -0.25) is 0 Å². The minimum absolute atomic E-state index is 0.319. The normalized spacial score (nSPS) is 11.6. The van der Waals surface area contributed by atoms with Gasteiger partial charge in [0.1, 0.15) is 22.3 Å². The Hall–Kier alpha value is -6.27. The Balaban J connectivity index is 1.24. The summed E-state index contributed by atoms with van der Waals surface area (Å²) >= 11 is 0. The monoisotopic (exact) mass is 581 g/mol. The molecule has 0 radical (unpaired) electrons. The van der Waals surface area contributed by atoms with Crippen LogP contribution in [0, 0.1) is 0 Å². The maximum atomic E-state index is 13.9. The van der Waals surface area contributed by atoms with Gasteiger partial charge in [-0.25, -0.2) is 14.3 Å². The zero-order valence-electron chi connectivity index (χ0n) is 23.8. The Kier molecular flexibility index (Phi) is 5.55. The van der Waals surface area contributed by atoms with Crippen molar-refractivity contribution < 1.29 is 8.83 Å². The summed E-state index contributed by atoms with van der Waals surface area (Å²) in [5, 5.41) is 4.07. The first-order chi connectivity index (χ1) is 22.2. The molecule has 9 aromatic rings. The summed E-state index contributed by atoms with van der Waals surface area (Å²) in [6.07, 6.45) is 0. The molecule has 0 unspecified atom stereocenters. The highest BCUT2D eigenvalue weighted by Crippen LogP contribution is 2.34. The Morgan fingerprint density at radius 1 is 0.444 bits per heavy atom. The quantitative estimate of drug-likeness (QED) is 0.207. The Morgan fingerprint density at radius 3 is 1.62 bits per heavy atom. The van der Waals surface area contributed by atoms with Gasteiger partial charge in [-0.15, -0.1) is 0 Å². The van der Waals surface area contributed by atoms with Crippen LogP contribution in [0.2, 0.25) is 0 Å². The third kappa shape index (κ3) is 4.15. The van der Waals surface area contributed by atoms with E-state index in [9.17, 15) is 4.79 Å². The highest BCUT2D eigenvalue weighted by Gasteiger charge is 2.18. The molecule has 0 saturated heterocycles. The fraction of sp³-hybridized carbons (Fsp3) is 0. The molecule has 0 spiro atoms. The second-order valence-electron chi connectivity index (χ2n) is 11.0. The van der Waals surface area contributed by atoms with E-state index in [1.54, 1.807) is 4.57 Å². The van der Waals surface area contributed by atoms with Crippen molar-refractivity contribution in [3.8, 4) is 39.6 Å². The molecule has 45 heavy (non-hydrogen) atoms. The number of para-hydroxylation sites is 2. The van der Waals surface area contributed by atoms with E-state index < -0.39 is 5.69 Å². The van der Waals surface area contributed by atoms with E-state index >= 15 is 0 Å². The lowest BCUT2D eigenvalue weighted by Crippen LogP contribution is -2.25. The second-order valence-corrected chi connectivity index (χ2v) is 11.0. The predicted octanol–water partition coefficient (Wildman–Crippen LogP) is 9.43. The van der Waals surface area contributed by atoms with Gasteiger partial charge >= 0.3 is 5.69 Å². The number of furan rings is 2. The highest BCUT2D eigenvalue weighted by molar-refractivity contribution is 6.06. The van der Waals surface area contributed by atoms with E-state index in [0.29, 0.717) is 28.5 Å². The van der Waals surface area contributed by atoms with Crippen molar-refractivity contribution in [1.82, 2.24) is 14.5 Å². The van der Waals surface area contributed by atoms with Crippen molar-refractivity contribution in [1.29, 1.82) is 0 Å². The van der Waals surface area contributed by atoms with Crippen LogP contribution in [-0.2, 0) is 0 Å². The van der Waals surface area contributed by atoms with E-state index in [1.807, 2.05) is 127 Å². The molecule has 0 amide bonds. The fourth-order valence-electron chi connectivity index (χ4n) is 6.13. The van der Waals surface area contributed by atoms with Crippen molar-refractivity contribution in [3.63, 3.8) is 0 Å². The van der Waals surface area contributed by atoms with Crippen LogP contribution in [-0.4, -0.2) is 14.5 Å². The molecule has 9 rings (SSSR count). The van der Waals surface area contributed by atoms with Crippen molar-refractivity contribution >= 4 is 43.9 Å². The first kappa shape index (κ1) is 25.2. The Bertz CT molecular complexity index is 2610. The Labute approximate surface area is 256 Å². The Morgan fingerprint density at radius 2 is 0.956 bits per heavy atom. The average molecular weight is 582 g/mol. The molecule has 3 aromatic heterocycles. The van der Waals surface area contributed by atoms with Crippen LogP contribution in [0.4, 0.5) is 0 Å². The molecule has 0 bridgehead atoms. The van der Waals surface area contributed by atoms with Crippen LogP contribution in [0.1, 0.15) is 0 Å². The van der Waals surface area contributed by atoms with Crippen molar-refractivity contribution in [3.05, 3.63) is 150 Å². The summed E-state index contributed by atoms with van der Waals surface area (Å²) in [5.74, 6) is 0.781. The molecule has 6 aromatic carbocycles. The van der Waals surface area contributed by atoms with Gasteiger partial charge < -0.3 is 8.83 Å². The summed E-state index contributed by atoms with van der Waals surface area (Å²) in [6.45, 7) is 0. The van der Waals surface area contributed by atoms with Crippen LogP contribution in [0.3, 0.4) is 0 Å². The lowest BCUT2D eigenvalue weighted by atomic mass is 10.1. The van der Waals surface area contributed by atoms with Gasteiger partial charge in [0, 0.05) is 32.7 Å². The highest BCUT2D eigenvalue weighted by atomic mass is 16.3. The minimum atomic E-state index is -0.433. The van der Waals surface area contributed by atoms with E-state index in [2.05, 4.69) is 17.1 Å². The molecule has 0 atom stereocenters. The smallest absolute Gasteiger partial charge is 0.355 e. The van der Waals surface area contributed by atoms with Crippen molar-refractivity contribution in [2.45, 2.75) is 0 Å². The van der Waals surface area contributed by atoms with Gasteiger partial charge in [0.15, 0.2) is 11.6 Å². The van der Waals surface area contributed by atoms with Crippen molar-refractivity contribution in [2.75, 3.05) is 0 Å². The SMILES string of the molecule is O=c1nc(-c2ccc3c(c2)oc2ccccc23)nc(-c2ccc3c(c2)oc2ccccc23)n1-c1ccc(-c2ccccc2)cc1. The van der Waals surface area contributed by atoms with Gasteiger partial charge in [-0.05, 0) is 59.7 Å². The number of hydrogen-bond donors (Lipinski definition) is 0. The number of nitrogens with zero attached hydrogens (tertiary/aromatic N) is 3. The molecule has 212 valence electrons. The molecule has 0 aliphatic heterocycles. The van der Waals surface area contributed by atoms with E-state index in [1.165, 1.54) is 0 Å². The van der Waals surface area contributed by atoms with Gasteiger partial charge in [0.05, 0.1) is 5.69 Å². The van der Waals surface area contributed by atoms with Gasteiger partial charge in [-0.2, -0.15) is 4.98 Å². The molecule has 0 aliphatic rings. The van der Waals surface area contributed by atoms with Gasteiger partial charge in [0.2, 0.25) is 0 Å². The largest absolute Gasteiger partial charge is 0.456 e. The third-order valence-electron chi connectivity index (χ3n) is 8.32. The molecule has 0 fully saturated rings. The standard InChI is InChI=1S/C39H23N3O3/c43-39-41-37(26-16-20-31-29-10-4-6-12-33(29)44-35(31)22-26)40-38(27-17-21-32-30-11-5-7-13-34(30)45-36(32)23-27)42(39)28-18-14-25(15-19-28)24-8-2-1-3-9-24/h1-23H. The number of aromatic nitrogens is 3. The zero-order chi connectivity index (χ0) is 29.9. The second kappa shape index (κ2) is 9.89. The van der Waals surface area contributed by atoms with Crippen LogP contribution in [0.5, 0.6) is 0 Å². The number of fused-ring (bicyclic) bond motifs is 6. The lowest BCUT2D eigenvalue weighted by Gasteiger charge is -2.14. The maximum Gasteiger partial charge on any atom is 0.355 e. The van der Waals surface area contributed by atoms with E-state index in [4.69, 9.17) is 13.8 Å². The minimum Gasteiger partial charge on any atom is -0.456 e. The topological polar surface area (TPSA) is 74.1 Å². The molecular weight excluding hydrogens is 558 g/mol. The molecule has 0 N–H and O–H groups in total. The van der Waals surface area contributed by atoms with Crippen LogP contribution >= 0.6 is 0 Å². The summed E-state index contributed by atoms with van der Waals surface area (Å²) in [7, 11) is 0. The summed E-state index contributed by atoms with van der Waals surface area (Å²) in [6, 6.07) is 45.6. The zero-order valence-corrected chi connectivity index (χ0v) is 23.8. The predicted molar refractivity (Wildman–Crippen MR) is 178 cm³/mol. The summed E-state index contributed by atoms with van der Waals surface area (Å²) in [4.78, 5) is 23.4. The summed E-state index contributed by atoms with van der Waals surface area (Å²) in [5.41, 5.74) is 6.85. The van der Waals surface area contributed by atoms with Crippen LogP contribution in [0.25, 0.3) is 83.5 Å². The van der Waals surface area contributed by atoms with Crippen LogP contribution in [0.15, 0.2) is 153 Å². The summed E-state index contributed by atoms with van der Waals surface area (Å²) < 4.78 is 13.9. The average Bonchev–Trinajstić information content (AvgIpc) is 3.66. The van der Waals surface area contributed by atoms with E-state index in [0.717, 1.165) is 55.0 Å². The molecular formula is C39H23N3O3. The van der Waals surface area contributed by atoms with Crippen molar-refractivity contribution in [2.24, 2.45) is 0 Å². The number of rotatable bonds is 4. The lowest BCUT2D eigenvalue weighted by molar-refractivity contribution is 0.668. The molecule has 3 heterocycles. The van der Waals surface area contributed by atoms with Gasteiger partial charge in [-0.1, -0.05) is 91.0 Å². The molecule has 6 heteroatoms. The van der Waals surface area contributed by atoms with Crippen LogP contribution < -0.4 is 5.69 Å². The molecule has 6 nitrogen and oxygen atoms in total. The van der Waals surface area contributed by atoms with Gasteiger partial charge in [0.25, 0.3) is 0 Å². The molecule has 0 saturated carbocycles. The maximum absolute atomic E-state index is 13.9. The third-order valence-corrected chi connectivity index (χ3v) is 8.32. The first-order valence-electron chi connectivity index (χ1n) is 14.7.